The number of ether oxygens (including phenoxy) is 4. The van der Waals surface area contributed by atoms with Gasteiger partial charge in [-0.15, -0.1) is 0 Å². The molecule has 84 heavy (non-hydrogen) atoms. The number of H-pyrrole nitrogens is 2. The monoisotopic (exact) mass is 1130 g/mol. The fourth-order valence-corrected chi connectivity index (χ4v) is 10.6. The molecule has 0 aliphatic carbocycles. The van der Waals surface area contributed by atoms with Crippen molar-refractivity contribution in [3.63, 3.8) is 0 Å². The summed E-state index contributed by atoms with van der Waals surface area (Å²) in [4.78, 5) is 71.7. The van der Waals surface area contributed by atoms with E-state index in [-0.39, 0.29) is 23.9 Å². The minimum atomic E-state index is -0.370. The van der Waals surface area contributed by atoms with Crippen molar-refractivity contribution in [3.05, 3.63) is 166 Å². The van der Waals surface area contributed by atoms with Gasteiger partial charge in [0.15, 0.2) is 0 Å². The summed E-state index contributed by atoms with van der Waals surface area (Å²) >= 11 is 0. The Balaban J connectivity index is 1.23. The van der Waals surface area contributed by atoms with Crippen molar-refractivity contribution in [3.8, 4) is 44.5 Å². The molecule has 2 aliphatic rings. The number of hydrogen-bond acceptors (Lipinski definition) is 10. The average molecular weight is 1130 g/mol. The molecule has 7 aromatic rings. The number of fused-ring (bicyclic) bond motifs is 8. The highest BCUT2D eigenvalue weighted by Gasteiger charge is 2.21. The number of nitrogens with one attached hydrogen (secondary N) is 2. The maximum absolute atomic E-state index is 13.3. The fraction of sp³-hybridized carbons (Fsp3) is 0.333. The van der Waals surface area contributed by atoms with Crippen molar-refractivity contribution >= 4 is 70.2 Å². The molecule has 0 saturated carbocycles. The first-order chi connectivity index (χ1) is 41.2. The SMILES string of the molecule is CCCCCCOC(=O)c1ccc(-c2c3nc(c(-c4ccc(C(=O)OCCCCCC)cc4)c4ccc([nH]4)c(-c4ccc(C(=O)OCCCCCC)cc4)c4nc(c(-c5ccc(C(=O)OCCCCCC)cc5)c5ccc2[nH]5)C=C4)C=C3)cc1. The topological polar surface area (TPSA) is 163 Å². The van der Waals surface area contributed by atoms with Crippen LogP contribution in [-0.2, 0) is 18.9 Å². The molecule has 0 fully saturated rings. The van der Waals surface area contributed by atoms with Crippen LogP contribution in [0.5, 0.6) is 0 Å². The summed E-state index contributed by atoms with van der Waals surface area (Å²) < 4.78 is 22.8. The Morgan fingerprint density at radius 2 is 0.512 bits per heavy atom. The van der Waals surface area contributed by atoms with E-state index >= 15 is 0 Å². The lowest BCUT2D eigenvalue weighted by Crippen LogP contribution is -2.06. The first-order valence-electron chi connectivity index (χ1n) is 30.4. The van der Waals surface area contributed by atoms with Crippen LogP contribution >= 0.6 is 0 Å². The standard InChI is InChI=1S/C72H78N4O8/c1-5-9-13-17-45-81-69(77)53-29-21-49(22-30-53)65-57-37-39-59(73-57)66(50-23-31-54(32-24-50)70(78)82-46-18-14-10-6-2)61-41-43-63(75-61)68(52-27-35-56(36-28-52)72(80)84-48-20-16-12-8-4)64-44-42-62(76-64)67(60-40-38-58(65)74-60)51-25-33-55(34-26-51)71(79)83-47-19-15-11-7-3/h21-44,73,76H,5-20,45-48H2,1-4H3. The van der Waals surface area contributed by atoms with Crippen LogP contribution in [0.1, 0.15) is 195 Å². The van der Waals surface area contributed by atoms with E-state index in [0.717, 1.165) is 169 Å². The van der Waals surface area contributed by atoms with E-state index in [2.05, 4.69) is 37.7 Å². The van der Waals surface area contributed by atoms with E-state index in [1.807, 2.05) is 97.1 Å². The van der Waals surface area contributed by atoms with Crippen molar-refractivity contribution in [1.29, 1.82) is 0 Å². The van der Waals surface area contributed by atoms with Crippen LogP contribution in [-0.4, -0.2) is 70.2 Å². The Labute approximate surface area is 493 Å². The minimum absolute atomic E-state index is 0.366. The number of hydrogen-bond donors (Lipinski definition) is 2. The predicted molar refractivity (Wildman–Crippen MR) is 338 cm³/mol. The Morgan fingerprint density at radius 3 is 0.714 bits per heavy atom. The molecule has 2 N–H and O–H groups in total. The molecule has 0 radical (unpaired) electrons. The molecule has 8 bridgehead atoms. The first-order valence-corrected chi connectivity index (χ1v) is 30.4. The van der Waals surface area contributed by atoms with E-state index < -0.39 is 0 Å². The lowest BCUT2D eigenvalue weighted by molar-refractivity contribution is 0.0488. The number of carbonyl (C=O) groups excluding carboxylic acids is 4. The van der Waals surface area contributed by atoms with Crippen LogP contribution in [0.25, 0.3) is 90.9 Å². The van der Waals surface area contributed by atoms with Crippen LogP contribution in [0.3, 0.4) is 0 Å². The molecule has 0 amide bonds. The Bertz CT molecular complexity index is 3160. The maximum Gasteiger partial charge on any atom is 0.338 e. The van der Waals surface area contributed by atoms with Gasteiger partial charge in [0.2, 0.25) is 0 Å². The highest BCUT2D eigenvalue weighted by molar-refractivity contribution is 6.01. The zero-order valence-corrected chi connectivity index (χ0v) is 49.2. The maximum atomic E-state index is 13.3. The van der Waals surface area contributed by atoms with Crippen LogP contribution in [0.15, 0.2) is 121 Å². The summed E-state index contributed by atoms with van der Waals surface area (Å²) in [6, 6.07) is 37.9. The molecule has 2 aliphatic heterocycles. The lowest BCUT2D eigenvalue weighted by atomic mass is 10.0. The van der Waals surface area contributed by atoms with Crippen LogP contribution in [0, 0.1) is 0 Å². The van der Waals surface area contributed by atoms with Crippen LogP contribution < -0.4 is 0 Å². The fourth-order valence-electron chi connectivity index (χ4n) is 10.6. The summed E-state index contributed by atoms with van der Waals surface area (Å²) in [5.41, 5.74) is 13.9. The molecule has 4 aromatic carbocycles. The number of benzene rings is 4. The summed E-state index contributed by atoms with van der Waals surface area (Å²) in [5, 5.41) is 0. The van der Waals surface area contributed by atoms with Crippen molar-refractivity contribution < 1.29 is 38.1 Å². The summed E-state index contributed by atoms with van der Waals surface area (Å²) in [7, 11) is 0. The minimum Gasteiger partial charge on any atom is -0.462 e. The second kappa shape index (κ2) is 30.1. The highest BCUT2D eigenvalue weighted by Crippen LogP contribution is 2.39. The third-order valence-corrected chi connectivity index (χ3v) is 15.3. The van der Waals surface area contributed by atoms with Gasteiger partial charge in [-0.05, 0) is 145 Å². The number of nitrogens with zero attached hydrogens (tertiary/aromatic N) is 2. The van der Waals surface area contributed by atoms with Gasteiger partial charge in [-0.2, -0.15) is 0 Å². The molecule has 0 saturated heterocycles. The van der Waals surface area contributed by atoms with E-state index in [1.54, 1.807) is 48.5 Å². The smallest absolute Gasteiger partial charge is 0.338 e. The number of aromatic nitrogens is 4. The quantitative estimate of drug-likeness (QED) is 0.0274. The molecule has 0 unspecified atom stereocenters. The largest absolute Gasteiger partial charge is 0.462 e. The normalized spacial score (nSPS) is 11.7. The number of unbranched alkanes of at least 4 members (excludes halogenated alkanes) is 12. The van der Waals surface area contributed by atoms with E-state index in [4.69, 9.17) is 28.9 Å². The molecule has 3 aromatic heterocycles. The van der Waals surface area contributed by atoms with Gasteiger partial charge in [-0.3, -0.25) is 0 Å². The second-order valence-corrected chi connectivity index (χ2v) is 21.6. The molecule has 0 atom stereocenters. The van der Waals surface area contributed by atoms with Gasteiger partial charge in [0.25, 0.3) is 0 Å². The summed E-state index contributed by atoms with van der Waals surface area (Å²) in [6.07, 6.45) is 24.1. The van der Waals surface area contributed by atoms with E-state index in [9.17, 15) is 19.2 Å². The zero-order valence-electron chi connectivity index (χ0n) is 49.2. The molecular formula is C72H78N4O8. The Hall–Kier alpha value is -8.64. The van der Waals surface area contributed by atoms with Crippen molar-refractivity contribution in [2.24, 2.45) is 0 Å². The lowest BCUT2D eigenvalue weighted by Gasteiger charge is -2.09. The summed E-state index contributed by atoms with van der Waals surface area (Å²) in [6.45, 7) is 10.1. The number of carbonyl (C=O) groups is 4. The predicted octanol–water partition coefficient (Wildman–Crippen LogP) is 18.3. The Morgan fingerprint density at radius 1 is 0.298 bits per heavy atom. The van der Waals surface area contributed by atoms with E-state index in [1.165, 1.54) is 0 Å². The van der Waals surface area contributed by atoms with E-state index in [0.29, 0.717) is 71.5 Å². The third kappa shape index (κ3) is 15.1. The second-order valence-electron chi connectivity index (χ2n) is 21.6. The van der Waals surface area contributed by atoms with Crippen LogP contribution in [0.4, 0.5) is 0 Å². The molecule has 5 heterocycles. The molecule has 12 heteroatoms. The molecule has 0 spiro atoms. The molecule has 434 valence electrons. The first kappa shape index (κ1) is 60.0. The highest BCUT2D eigenvalue weighted by atomic mass is 16.5. The van der Waals surface area contributed by atoms with Crippen molar-refractivity contribution in [2.75, 3.05) is 26.4 Å². The van der Waals surface area contributed by atoms with Gasteiger partial charge in [0.05, 0.1) is 71.5 Å². The van der Waals surface area contributed by atoms with Gasteiger partial charge in [0, 0.05) is 44.3 Å². The Kier molecular flexibility index (Phi) is 21.5. The molecule has 9 rings (SSSR count). The van der Waals surface area contributed by atoms with Crippen molar-refractivity contribution in [1.82, 2.24) is 19.9 Å². The van der Waals surface area contributed by atoms with Gasteiger partial charge < -0.3 is 28.9 Å². The van der Waals surface area contributed by atoms with Crippen molar-refractivity contribution in [2.45, 2.75) is 130 Å². The molecule has 12 nitrogen and oxygen atoms in total. The summed E-state index contributed by atoms with van der Waals surface area (Å²) in [5.74, 6) is -1.48. The van der Waals surface area contributed by atoms with Gasteiger partial charge in [-0.1, -0.05) is 153 Å². The van der Waals surface area contributed by atoms with Crippen LogP contribution in [0.2, 0.25) is 0 Å². The number of aromatic amines is 2. The zero-order chi connectivity index (χ0) is 58.6. The van der Waals surface area contributed by atoms with Gasteiger partial charge in [-0.25, -0.2) is 29.1 Å². The van der Waals surface area contributed by atoms with Gasteiger partial charge in [0.1, 0.15) is 0 Å². The molecular weight excluding hydrogens is 1050 g/mol. The third-order valence-electron chi connectivity index (χ3n) is 15.3. The number of rotatable bonds is 28. The number of esters is 4. The van der Waals surface area contributed by atoms with Gasteiger partial charge >= 0.3 is 23.9 Å². The average Bonchev–Trinajstić information content (AvgIpc) is 2.41.